The SMILES string of the molecule is COC(=O)c1cc(NC(=O)c2cccc(C(=O)Nc3cc(C(=O)OC)cc(C(=O)OC)c3)n2)cc(C(=O)OC)c1. The van der Waals surface area contributed by atoms with Gasteiger partial charge in [-0.3, -0.25) is 9.59 Å². The van der Waals surface area contributed by atoms with Gasteiger partial charge in [0.1, 0.15) is 11.4 Å². The molecule has 1 aromatic heterocycles. The molecule has 0 spiro atoms. The molecule has 3 rings (SSSR count). The van der Waals surface area contributed by atoms with Crippen LogP contribution in [0.3, 0.4) is 0 Å². The van der Waals surface area contributed by atoms with Gasteiger partial charge in [0, 0.05) is 11.4 Å². The smallest absolute Gasteiger partial charge is 0.337 e. The van der Waals surface area contributed by atoms with Crippen molar-refractivity contribution >= 4 is 47.1 Å². The van der Waals surface area contributed by atoms with Crippen LogP contribution in [0.4, 0.5) is 11.4 Å². The first-order valence-electron chi connectivity index (χ1n) is 11.3. The van der Waals surface area contributed by atoms with E-state index in [0.29, 0.717) is 0 Å². The second-order valence-corrected chi connectivity index (χ2v) is 7.88. The molecule has 206 valence electrons. The molecule has 0 radical (unpaired) electrons. The summed E-state index contributed by atoms with van der Waals surface area (Å²) >= 11 is 0. The van der Waals surface area contributed by atoms with Crippen molar-refractivity contribution in [2.24, 2.45) is 0 Å². The normalized spacial score (nSPS) is 10.1. The molecule has 13 heteroatoms. The Morgan fingerprint density at radius 1 is 0.525 bits per heavy atom. The molecule has 0 aliphatic carbocycles. The van der Waals surface area contributed by atoms with E-state index < -0.39 is 35.7 Å². The predicted octanol–water partition coefficient (Wildman–Crippen LogP) is 2.73. The third-order valence-electron chi connectivity index (χ3n) is 5.28. The molecular formula is C27H23N3O10. The van der Waals surface area contributed by atoms with Gasteiger partial charge in [-0.25, -0.2) is 24.2 Å². The number of methoxy groups -OCH3 is 4. The summed E-state index contributed by atoms with van der Waals surface area (Å²) in [4.78, 5) is 77.9. The molecule has 2 aromatic carbocycles. The summed E-state index contributed by atoms with van der Waals surface area (Å²) in [7, 11) is 4.64. The fraction of sp³-hybridized carbons (Fsp3) is 0.148. The highest BCUT2D eigenvalue weighted by molar-refractivity contribution is 6.08. The van der Waals surface area contributed by atoms with Crippen molar-refractivity contribution in [3.05, 3.63) is 88.2 Å². The van der Waals surface area contributed by atoms with Gasteiger partial charge in [-0.15, -0.1) is 0 Å². The van der Waals surface area contributed by atoms with Crippen molar-refractivity contribution in [2.75, 3.05) is 39.1 Å². The van der Waals surface area contributed by atoms with E-state index in [2.05, 4.69) is 34.6 Å². The number of hydrogen-bond acceptors (Lipinski definition) is 11. The quantitative estimate of drug-likeness (QED) is 0.312. The zero-order valence-electron chi connectivity index (χ0n) is 21.7. The zero-order chi connectivity index (χ0) is 29.4. The Labute approximate surface area is 227 Å². The molecular weight excluding hydrogens is 526 g/mol. The summed E-state index contributed by atoms with van der Waals surface area (Å²) in [6.45, 7) is 0. The predicted molar refractivity (Wildman–Crippen MR) is 138 cm³/mol. The number of carbonyl (C=O) groups is 6. The highest BCUT2D eigenvalue weighted by atomic mass is 16.5. The van der Waals surface area contributed by atoms with Gasteiger partial charge in [0.25, 0.3) is 11.8 Å². The van der Waals surface area contributed by atoms with Crippen LogP contribution in [-0.4, -0.2) is 69.1 Å². The summed E-state index contributed by atoms with van der Waals surface area (Å²) < 4.78 is 18.7. The summed E-state index contributed by atoms with van der Waals surface area (Å²) in [6, 6.07) is 11.7. The molecule has 0 aliphatic heterocycles. The van der Waals surface area contributed by atoms with Crippen molar-refractivity contribution in [2.45, 2.75) is 0 Å². The Morgan fingerprint density at radius 3 is 1.10 bits per heavy atom. The van der Waals surface area contributed by atoms with E-state index in [1.165, 1.54) is 54.6 Å². The number of hydrogen-bond donors (Lipinski definition) is 2. The maximum atomic E-state index is 12.9. The maximum Gasteiger partial charge on any atom is 0.337 e. The Kier molecular flexibility index (Phi) is 9.25. The van der Waals surface area contributed by atoms with E-state index in [1.807, 2.05) is 0 Å². The summed E-state index contributed by atoms with van der Waals surface area (Å²) in [5.74, 6) is -4.50. The lowest BCUT2D eigenvalue weighted by molar-refractivity contribution is 0.0581. The monoisotopic (exact) mass is 549 g/mol. The number of carbonyl (C=O) groups excluding carboxylic acids is 6. The Morgan fingerprint density at radius 2 is 0.825 bits per heavy atom. The van der Waals surface area contributed by atoms with Crippen LogP contribution < -0.4 is 10.6 Å². The largest absolute Gasteiger partial charge is 0.465 e. The molecule has 13 nitrogen and oxygen atoms in total. The number of nitrogens with zero attached hydrogens (tertiary/aromatic N) is 1. The Balaban J connectivity index is 1.86. The highest BCUT2D eigenvalue weighted by Crippen LogP contribution is 2.20. The van der Waals surface area contributed by atoms with E-state index in [4.69, 9.17) is 0 Å². The van der Waals surface area contributed by atoms with Gasteiger partial charge < -0.3 is 29.6 Å². The lowest BCUT2D eigenvalue weighted by atomic mass is 10.1. The maximum absolute atomic E-state index is 12.9. The van der Waals surface area contributed by atoms with Crippen molar-refractivity contribution in [3.63, 3.8) is 0 Å². The highest BCUT2D eigenvalue weighted by Gasteiger charge is 2.19. The number of nitrogens with one attached hydrogen (secondary N) is 2. The summed E-state index contributed by atoms with van der Waals surface area (Å²) in [5.41, 5.74) is -0.252. The van der Waals surface area contributed by atoms with Crippen LogP contribution in [-0.2, 0) is 18.9 Å². The number of benzene rings is 2. The van der Waals surface area contributed by atoms with Gasteiger partial charge in [0.15, 0.2) is 0 Å². The minimum Gasteiger partial charge on any atom is -0.465 e. The molecule has 0 bridgehead atoms. The number of ether oxygens (including phenoxy) is 4. The number of rotatable bonds is 8. The van der Waals surface area contributed by atoms with Gasteiger partial charge in [0.05, 0.1) is 50.7 Å². The van der Waals surface area contributed by atoms with Crippen LogP contribution in [0.25, 0.3) is 0 Å². The molecule has 3 aromatic rings. The molecule has 1 heterocycles. The number of pyridine rings is 1. The topological polar surface area (TPSA) is 176 Å². The molecule has 2 N–H and O–H groups in total. The minimum absolute atomic E-state index is 0.0118. The van der Waals surface area contributed by atoms with Gasteiger partial charge in [-0.2, -0.15) is 0 Å². The van der Waals surface area contributed by atoms with E-state index in [9.17, 15) is 28.8 Å². The van der Waals surface area contributed by atoms with Crippen LogP contribution in [0.1, 0.15) is 62.4 Å². The molecule has 40 heavy (non-hydrogen) atoms. The van der Waals surface area contributed by atoms with E-state index in [1.54, 1.807) is 0 Å². The lowest BCUT2D eigenvalue weighted by Crippen LogP contribution is -2.19. The fourth-order valence-electron chi connectivity index (χ4n) is 3.42. The third-order valence-corrected chi connectivity index (χ3v) is 5.28. The fourth-order valence-corrected chi connectivity index (χ4v) is 3.42. The minimum atomic E-state index is -0.756. The first-order chi connectivity index (χ1) is 19.1. The second kappa shape index (κ2) is 12.8. The van der Waals surface area contributed by atoms with E-state index in [0.717, 1.165) is 28.4 Å². The van der Waals surface area contributed by atoms with Gasteiger partial charge >= 0.3 is 23.9 Å². The third kappa shape index (κ3) is 6.83. The van der Waals surface area contributed by atoms with Crippen LogP contribution >= 0.6 is 0 Å². The zero-order valence-corrected chi connectivity index (χ0v) is 21.7. The first-order valence-corrected chi connectivity index (χ1v) is 11.3. The Hall–Kier alpha value is -5.59. The van der Waals surface area contributed by atoms with Gasteiger partial charge in [-0.1, -0.05) is 6.07 Å². The Bertz CT molecular complexity index is 1340. The number of anilines is 2. The number of amides is 2. The van der Waals surface area contributed by atoms with Crippen molar-refractivity contribution in [3.8, 4) is 0 Å². The lowest BCUT2D eigenvalue weighted by Gasteiger charge is -2.11. The van der Waals surface area contributed by atoms with E-state index >= 15 is 0 Å². The molecule has 0 atom stereocenters. The van der Waals surface area contributed by atoms with Crippen molar-refractivity contribution in [1.82, 2.24) is 4.98 Å². The average molecular weight is 549 g/mol. The van der Waals surface area contributed by atoms with Crippen LogP contribution in [0, 0.1) is 0 Å². The van der Waals surface area contributed by atoms with Gasteiger partial charge in [0.2, 0.25) is 0 Å². The summed E-state index contributed by atoms with van der Waals surface area (Å²) in [5, 5.41) is 5.03. The van der Waals surface area contributed by atoms with Crippen LogP contribution in [0.15, 0.2) is 54.6 Å². The summed E-state index contributed by atoms with van der Waals surface area (Å²) in [6.07, 6.45) is 0. The number of aromatic nitrogens is 1. The molecule has 0 unspecified atom stereocenters. The second-order valence-electron chi connectivity index (χ2n) is 7.88. The first kappa shape index (κ1) is 29.0. The van der Waals surface area contributed by atoms with Crippen molar-refractivity contribution < 1.29 is 47.7 Å². The van der Waals surface area contributed by atoms with Crippen LogP contribution in [0.2, 0.25) is 0 Å². The molecule has 0 saturated carbocycles. The van der Waals surface area contributed by atoms with Crippen LogP contribution in [0.5, 0.6) is 0 Å². The standard InChI is InChI=1S/C27H23N3O10/c1-37-24(33)14-8-15(25(34)38-2)11-18(10-14)28-22(31)20-6-5-7-21(30-20)23(32)29-19-12-16(26(35)39-3)9-17(13-19)27(36)40-4/h5-13H,1-4H3,(H,28,31)(H,29,32). The molecule has 0 fully saturated rings. The van der Waals surface area contributed by atoms with E-state index in [-0.39, 0.29) is 45.0 Å². The number of esters is 4. The van der Waals surface area contributed by atoms with Crippen molar-refractivity contribution in [1.29, 1.82) is 0 Å². The average Bonchev–Trinajstić information content (AvgIpc) is 2.98. The van der Waals surface area contributed by atoms with Gasteiger partial charge in [-0.05, 0) is 48.5 Å². The molecule has 0 saturated heterocycles. The molecule has 0 aliphatic rings. The molecule has 2 amide bonds.